The van der Waals surface area contributed by atoms with Gasteiger partial charge in [0.05, 0.1) is 0 Å². The van der Waals surface area contributed by atoms with Crippen LogP contribution in [0.4, 0.5) is 0 Å². The predicted molar refractivity (Wildman–Crippen MR) is 101 cm³/mol. The van der Waals surface area contributed by atoms with Crippen LogP contribution < -0.4 is 0 Å². The molecule has 2 aromatic carbocycles. The normalized spacial score (nSPS) is 14.2. The summed E-state index contributed by atoms with van der Waals surface area (Å²) in [4.78, 5) is 0.341. The van der Waals surface area contributed by atoms with Gasteiger partial charge in [-0.3, -0.25) is 0 Å². The molecule has 2 unspecified atom stereocenters. The van der Waals surface area contributed by atoms with Gasteiger partial charge in [-0.1, -0.05) is 65.3 Å². The van der Waals surface area contributed by atoms with Crippen LogP contribution in [0.25, 0.3) is 10.1 Å². The lowest BCUT2D eigenvalue weighted by Crippen LogP contribution is -2.04. The van der Waals surface area contributed by atoms with Gasteiger partial charge in [-0.25, -0.2) is 0 Å². The van der Waals surface area contributed by atoms with Gasteiger partial charge in [-0.2, -0.15) is 0 Å². The standard InChI is InChI=1S/C18H16Br2S/c1-2-13(12-7-4-3-5-8-12)17(20)15-11-21-18-14(15)9-6-10-16(18)19/h3-11,13,17H,2H2,1H3. The minimum absolute atomic E-state index is 0.341. The molecule has 0 aliphatic rings. The Balaban J connectivity index is 2.03. The van der Waals surface area contributed by atoms with E-state index in [1.807, 2.05) is 11.3 Å². The van der Waals surface area contributed by atoms with Gasteiger partial charge in [0.15, 0.2) is 0 Å². The van der Waals surface area contributed by atoms with Crippen LogP contribution in [0.1, 0.15) is 35.2 Å². The molecule has 3 aromatic rings. The summed E-state index contributed by atoms with van der Waals surface area (Å²) in [6.45, 7) is 2.26. The number of halogens is 2. The first kappa shape index (κ1) is 15.3. The quantitative estimate of drug-likeness (QED) is 0.386. The number of hydrogen-bond donors (Lipinski definition) is 0. The number of fused-ring (bicyclic) bond motifs is 1. The van der Waals surface area contributed by atoms with Crippen LogP contribution in [-0.4, -0.2) is 0 Å². The lowest BCUT2D eigenvalue weighted by atomic mass is 9.89. The molecule has 2 atom stereocenters. The van der Waals surface area contributed by atoms with Gasteiger partial charge in [0, 0.05) is 19.9 Å². The predicted octanol–water partition coefficient (Wildman–Crippen LogP) is 7.29. The van der Waals surface area contributed by atoms with Crippen LogP contribution in [-0.2, 0) is 0 Å². The van der Waals surface area contributed by atoms with E-state index < -0.39 is 0 Å². The van der Waals surface area contributed by atoms with E-state index in [1.54, 1.807) is 0 Å². The molecule has 0 spiro atoms. The molecule has 0 saturated heterocycles. The third-order valence-electron chi connectivity index (χ3n) is 3.90. The van der Waals surface area contributed by atoms with Gasteiger partial charge in [0.2, 0.25) is 0 Å². The fraction of sp³-hybridized carbons (Fsp3) is 0.222. The average Bonchev–Trinajstić information content (AvgIpc) is 2.94. The molecule has 3 rings (SSSR count). The second kappa shape index (κ2) is 6.64. The van der Waals surface area contributed by atoms with Gasteiger partial charge in [0.1, 0.15) is 0 Å². The molecule has 0 aliphatic carbocycles. The Kier molecular flexibility index (Phi) is 4.82. The van der Waals surface area contributed by atoms with E-state index in [0.717, 1.165) is 6.42 Å². The van der Waals surface area contributed by atoms with E-state index in [9.17, 15) is 0 Å². The summed E-state index contributed by atoms with van der Waals surface area (Å²) in [5.74, 6) is 0.489. The van der Waals surface area contributed by atoms with Crippen LogP contribution in [0.5, 0.6) is 0 Å². The molecule has 0 fully saturated rings. The van der Waals surface area contributed by atoms with Crippen LogP contribution in [0.15, 0.2) is 58.4 Å². The number of rotatable bonds is 4. The summed E-state index contributed by atoms with van der Waals surface area (Å²) in [7, 11) is 0. The van der Waals surface area contributed by atoms with E-state index in [1.165, 1.54) is 25.7 Å². The summed E-state index contributed by atoms with van der Waals surface area (Å²) in [5.41, 5.74) is 2.79. The largest absolute Gasteiger partial charge is 0.142 e. The van der Waals surface area contributed by atoms with E-state index in [2.05, 4.69) is 92.7 Å². The monoisotopic (exact) mass is 422 g/mol. The van der Waals surface area contributed by atoms with Crippen molar-refractivity contribution >= 4 is 53.3 Å². The zero-order valence-corrected chi connectivity index (χ0v) is 15.7. The van der Waals surface area contributed by atoms with Crippen molar-refractivity contribution in [2.24, 2.45) is 0 Å². The fourth-order valence-corrected chi connectivity index (χ4v) is 5.68. The third kappa shape index (κ3) is 2.96. The summed E-state index contributed by atoms with van der Waals surface area (Å²) in [5, 5.41) is 3.64. The fourth-order valence-electron chi connectivity index (χ4n) is 2.78. The summed E-state index contributed by atoms with van der Waals surface area (Å²) < 4.78 is 2.52. The highest BCUT2D eigenvalue weighted by atomic mass is 79.9. The molecule has 0 N–H and O–H groups in total. The molecule has 0 nitrogen and oxygen atoms in total. The Morgan fingerprint density at radius 1 is 1.05 bits per heavy atom. The SMILES string of the molecule is CCC(c1ccccc1)C(Br)c1csc2c(Br)cccc12. The molecule has 0 bridgehead atoms. The third-order valence-corrected chi connectivity index (χ3v) is 7.00. The highest BCUT2D eigenvalue weighted by molar-refractivity contribution is 9.10. The maximum atomic E-state index is 3.97. The van der Waals surface area contributed by atoms with E-state index in [-0.39, 0.29) is 0 Å². The Morgan fingerprint density at radius 2 is 1.81 bits per heavy atom. The number of hydrogen-bond acceptors (Lipinski definition) is 1. The van der Waals surface area contributed by atoms with Crippen molar-refractivity contribution in [2.45, 2.75) is 24.1 Å². The van der Waals surface area contributed by atoms with Gasteiger partial charge < -0.3 is 0 Å². The molecule has 0 saturated carbocycles. The number of thiophene rings is 1. The maximum absolute atomic E-state index is 3.97. The van der Waals surface area contributed by atoms with Gasteiger partial charge in [-0.05, 0) is 50.3 Å². The van der Waals surface area contributed by atoms with E-state index >= 15 is 0 Å². The minimum atomic E-state index is 0.341. The van der Waals surface area contributed by atoms with Crippen molar-refractivity contribution in [1.82, 2.24) is 0 Å². The first-order chi connectivity index (χ1) is 10.2. The summed E-state index contributed by atoms with van der Waals surface area (Å²) >= 11 is 9.43. The van der Waals surface area contributed by atoms with Crippen molar-refractivity contribution < 1.29 is 0 Å². The molecule has 0 amide bonds. The maximum Gasteiger partial charge on any atom is 0.0488 e. The highest BCUT2D eigenvalue weighted by Gasteiger charge is 2.23. The second-order valence-corrected chi connectivity index (χ2v) is 7.86. The van der Waals surface area contributed by atoms with Crippen LogP contribution in [0.2, 0.25) is 0 Å². The lowest BCUT2D eigenvalue weighted by molar-refractivity contribution is 0.658. The Morgan fingerprint density at radius 3 is 2.52 bits per heavy atom. The van der Waals surface area contributed by atoms with Gasteiger partial charge in [0.25, 0.3) is 0 Å². The first-order valence-corrected chi connectivity index (χ1v) is 9.65. The molecular weight excluding hydrogens is 408 g/mol. The Bertz CT molecular complexity index is 733. The zero-order chi connectivity index (χ0) is 14.8. The first-order valence-electron chi connectivity index (χ1n) is 7.07. The zero-order valence-electron chi connectivity index (χ0n) is 11.7. The van der Waals surface area contributed by atoms with Crippen molar-refractivity contribution in [3.8, 4) is 0 Å². The van der Waals surface area contributed by atoms with E-state index in [4.69, 9.17) is 0 Å². The molecule has 1 aromatic heterocycles. The minimum Gasteiger partial charge on any atom is -0.142 e. The molecule has 0 radical (unpaired) electrons. The van der Waals surface area contributed by atoms with Crippen molar-refractivity contribution in [3.63, 3.8) is 0 Å². The Hall–Kier alpha value is -0.640. The van der Waals surface area contributed by atoms with Crippen molar-refractivity contribution in [1.29, 1.82) is 0 Å². The Labute approximate surface area is 146 Å². The smallest absolute Gasteiger partial charge is 0.0488 e. The molecule has 21 heavy (non-hydrogen) atoms. The summed E-state index contributed by atoms with van der Waals surface area (Å²) in [6, 6.07) is 17.2. The van der Waals surface area contributed by atoms with E-state index in [0.29, 0.717) is 10.7 Å². The molecule has 108 valence electrons. The van der Waals surface area contributed by atoms with Gasteiger partial charge >= 0.3 is 0 Å². The number of benzene rings is 2. The molecule has 1 heterocycles. The topological polar surface area (TPSA) is 0 Å². The van der Waals surface area contributed by atoms with Crippen LogP contribution >= 0.6 is 43.2 Å². The van der Waals surface area contributed by atoms with Crippen LogP contribution in [0.3, 0.4) is 0 Å². The second-order valence-electron chi connectivity index (χ2n) is 5.13. The van der Waals surface area contributed by atoms with Crippen molar-refractivity contribution in [2.75, 3.05) is 0 Å². The van der Waals surface area contributed by atoms with Gasteiger partial charge in [-0.15, -0.1) is 11.3 Å². The average molecular weight is 424 g/mol. The molecular formula is C18H16Br2S. The number of alkyl halides is 1. The molecule has 3 heteroatoms. The van der Waals surface area contributed by atoms with Crippen LogP contribution in [0, 0.1) is 0 Å². The lowest BCUT2D eigenvalue weighted by Gasteiger charge is -2.21. The van der Waals surface area contributed by atoms with Crippen molar-refractivity contribution in [3.05, 3.63) is 69.5 Å². The molecule has 0 aliphatic heterocycles. The summed E-state index contributed by atoms with van der Waals surface area (Å²) in [6.07, 6.45) is 1.12. The highest BCUT2D eigenvalue weighted by Crippen LogP contribution is 2.45.